The minimum absolute atomic E-state index is 0.0745. The Bertz CT molecular complexity index is 1210. The molecule has 0 bridgehead atoms. The third kappa shape index (κ3) is 4.46. The van der Waals surface area contributed by atoms with Gasteiger partial charge in [0.1, 0.15) is 10.6 Å². The molecule has 0 spiro atoms. The molecule has 1 aliphatic carbocycles. The number of methoxy groups -OCH3 is 1. The summed E-state index contributed by atoms with van der Waals surface area (Å²) in [6.07, 6.45) is 5.84. The molecule has 3 aromatic rings. The second-order valence-electron chi connectivity index (χ2n) is 7.53. The van der Waals surface area contributed by atoms with Gasteiger partial charge in [-0.15, -0.1) is 11.3 Å². The molecule has 2 N–H and O–H groups in total. The maximum absolute atomic E-state index is 13.0. The third-order valence-corrected chi connectivity index (χ3v) is 6.52. The number of aromatic nitrogens is 2. The lowest BCUT2D eigenvalue weighted by Gasteiger charge is -2.12. The first-order valence-corrected chi connectivity index (χ1v) is 11.0. The molecule has 2 amide bonds. The minimum atomic E-state index is -0.238. The Balaban J connectivity index is 1.47. The molecular formula is C22H24N4O4S. The molecular weight excluding hydrogens is 416 g/mol. The van der Waals surface area contributed by atoms with Crippen LogP contribution < -0.4 is 20.9 Å². The Labute approximate surface area is 183 Å². The number of benzene rings is 1. The average Bonchev–Trinajstić information content (AvgIpc) is 3.12. The second-order valence-corrected chi connectivity index (χ2v) is 8.61. The number of nitrogens with zero attached hydrogens (tertiary/aromatic N) is 2. The molecule has 2 aromatic heterocycles. The van der Waals surface area contributed by atoms with Crippen molar-refractivity contribution < 1.29 is 14.3 Å². The molecule has 0 saturated heterocycles. The number of anilines is 2. The van der Waals surface area contributed by atoms with Crippen molar-refractivity contribution in [2.75, 3.05) is 17.7 Å². The highest BCUT2D eigenvalue weighted by Crippen LogP contribution is 2.33. The molecule has 1 aliphatic rings. The van der Waals surface area contributed by atoms with Crippen molar-refractivity contribution in [2.24, 2.45) is 0 Å². The van der Waals surface area contributed by atoms with E-state index in [9.17, 15) is 14.4 Å². The van der Waals surface area contributed by atoms with Crippen LogP contribution in [-0.2, 0) is 29.0 Å². The summed E-state index contributed by atoms with van der Waals surface area (Å²) in [5.74, 6) is 0.0242. The molecule has 31 heavy (non-hydrogen) atoms. The van der Waals surface area contributed by atoms with Gasteiger partial charge in [0.2, 0.25) is 11.8 Å². The predicted octanol–water partition coefficient (Wildman–Crippen LogP) is 3.33. The van der Waals surface area contributed by atoms with Crippen LogP contribution in [0.5, 0.6) is 5.75 Å². The summed E-state index contributed by atoms with van der Waals surface area (Å²) in [6, 6.07) is 5.00. The number of carbonyl (C=O) groups is 2. The molecule has 2 heterocycles. The number of fused-ring (bicyclic) bond motifs is 3. The van der Waals surface area contributed by atoms with E-state index >= 15 is 0 Å². The van der Waals surface area contributed by atoms with Crippen molar-refractivity contribution in [3.8, 4) is 5.75 Å². The summed E-state index contributed by atoms with van der Waals surface area (Å²) in [5.41, 5.74) is 2.07. The van der Waals surface area contributed by atoms with Crippen LogP contribution in [0.2, 0.25) is 0 Å². The van der Waals surface area contributed by atoms with Crippen molar-refractivity contribution in [3.63, 3.8) is 0 Å². The van der Waals surface area contributed by atoms with Gasteiger partial charge in [-0.1, -0.05) is 0 Å². The lowest BCUT2D eigenvalue weighted by Crippen LogP contribution is -2.24. The van der Waals surface area contributed by atoms with Crippen LogP contribution >= 0.6 is 11.3 Å². The van der Waals surface area contributed by atoms with Gasteiger partial charge in [0.05, 0.1) is 24.5 Å². The van der Waals surface area contributed by atoms with Crippen LogP contribution in [0.25, 0.3) is 10.2 Å². The highest BCUT2D eigenvalue weighted by Gasteiger charge is 2.20. The van der Waals surface area contributed by atoms with Gasteiger partial charge in [0, 0.05) is 30.5 Å². The van der Waals surface area contributed by atoms with Crippen molar-refractivity contribution in [2.45, 2.75) is 45.6 Å². The van der Waals surface area contributed by atoms with Crippen molar-refractivity contribution in [1.82, 2.24) is 9.55 Å². The number of hydrogen-bond acceptors (Lipinski definition) is 6. The highest BCUT2D eigenvalue weighted by atomic mass is 32.1. The van der Waals surface area contributed by atoms with E-state index < -0.39 is 0 Å². The zero-order valence-electron chi connectivity index (χ0n) is 17.5. The largest absolute Gasteiger partial charge is 0.495 e. The van der Waals surface area contributed by atoms with Crippen LogP contribution in [0.1, 0.15) is 36.6 Å². The molecule has 0 aliphatic heterocycles. The zero-order valence-corrected chi connectivity index (χ0v) is 18.3. The van der Waals surface area contributed by atoms with E-state index in [4.69, 9.17) is 4.74 Å². The van der Waals surface area contributed by atoms with Crippen LogP contribution in [0, 0.1) is 0 Å². The number of aryl methyl sites for hydroxylation is 3. The maximum atomic E-state index is 13.0. The predicted molar refractivity (Wildman–Crippen MR) is 121 cm³/mol. The van der Waals surface area contributed by atoms with Gasteiger partial charge >= 0.3 is 0 Å². The lowest BCUT2D eigenvalue weighted by molar-refractivity contribution is -0.116. The molecule has 8 nitrogen and oxygen atoms in total. The fourth-order valence-electron chi connectivity index (χ4n) is 3.86. The van der Waals surface area contributed by atoms with E-state index in [-0.39, 0.29) is 30.3 Å². The lowest BCUT2D eigenvalue weighted by atomic mass is 9.97. The molecule has 9 heteroatoms. The molecule has 0 fully saturated rings. The SMILES string of the molecule is COc1ccc(NC(=O)CCn2cnc3sc4c(c3c2=O)CCCC4)cc1NC(C)=O. The number of thiophene rings is 1. The topological polar surface area (TPSA) is 102 Å². The normalized spacial score (nSPS) is 13.0. The highest BCUT2D eigenvalue weighted by molar-refractivity contribution is 7.18. The van der Waals surface area contributed by atoms with Crippen LogP contribution in [-0.4, -0.2) is 28.5 Å². The fourth-order valence-corrected chi connectivity index (χ4v) is 5.08. The van der Waals surface area contributed by atoms with Crippen LogP contribution in [0.3, 0.4) is 0 Å². The van der Waals surface area contributed by atoms with Crippen molar-refractivity contribution in [3.05, 3.63) is 45.3 Å². The molecule has 1 aromatic carbocycles. The first-order chi connectivity index (χ1) is 15.0. The Morgan fingerprint density at radius 2 is 2.03 bits per heavy atom. The molecule has 0 radical (unpaired) electrons. The fraction of sp³-hybridized carbons (Fsp3) is 0.364. The first kappa shape index (κ1) is 21.0. The summed E-state index contributed by atoms with van der Waals surface area (Å²) < 4.78 is 6.74. The average molecular weight is 441 g/mol. The number of amides is 2. The van der Waals surface area contributed by atoms with E-state index in [0.717, 1.165) is 41.5 Å². The Morgan fingerprint density at radius 3 is 2.81 bits per heavy atom. The van der Waals surface area contributed by atoms with Crippen molar-refractivity contribution in [1.29, 1.82) is 0 Å². The molecule has 0 saturated carbocycles. The molecule has 0 atom stereocenters. The quantitative estimate of drug-likeness (QED) is 0.612. The van der Waals surface area contributed by atoms with Crippen LogP contribution in [0.15, 0.2) is 29.3 Å². The minimum Gasteiger partial charge on any atom is -0.495 e. The van der Waals surface area contributed by atoms with Gasteiger partial charge in [0.25, 0.3) is 5.56 Å². The number of rotatable bonds is 6. The Kier molecular flexibility index (Phi) is 6.03. The van der Waals surface area contributed by atoms with E-state index in [0.29, 0.717) is 17.1 Å². The number of ether oxygens (including phenoxy) is 1. The summed E-state index contributed by atoms with van der Waals surface area (Å²) in [5, 5.41) is 6.19. The van der Waals surface area contributed by atoms with E-state index in [1.165, 1.54) is 29.8 Å². The molecule has 4 rings (SSSR count). The Hall–Kier alpha value is -3.20. The first-order valence-electron chi connectivity index (χ1n) is 10.2. The summed E-state index contributed by atoms with van der Waals surface area (Å²) in [4.78, 5) is 43.4. The number of hydrogen-bond donors (Lipinski definition) is 2. The maximum Gasteiger partial charge on any atom is 0.262 e. The van der Waals surface area contributed by atoms with Gasteiger partial charge in [-0.25, -0.2) is 4.98 Å². The zero-order chi connectivity index (χ0) is 22.0. The third-order valence-electron chi connectivity index (χ3n) is 5.32. The van der Waals surface area contributed by atoms with Gasteiger partial charge in [0.15, 0.2) is 0 Å². The number of nitrogens with one attached hydrogen (secondary N) is 2. The van der Waals surface area contributed by atoms with Gasteiger partial charge < -0.3 is 15.4 Å². The van der Waals surface area contributed by atoms with E-state index in [2.05, 4.69) is 15.6 Å². The second kappa shape index (κ2) is 8.89. The summed E-state index contributed by atoms with van der Waals surface area (Å²) in [6.45, 7) is 1.64. The summed E-state index contributed by atoms with van der Waals surface area (Å²) >= 11 is 1.61. The monoisotopic (exact) mass is 440 g/mol. The van der Waals surface area contributed by atoms with Gasteiger partial charge in [-0.2, -0.15) is 0 Å². The van der Waals surface area contributed by atoms with Crippen molar-refractivity contribution >= 4 is 44.7 Å². The Morgan fingerprint density at radius 1 is 1.23 bits per heavy atom. The van der Waals surface area contributed by atoms with E-state index in [1.807, 2.05) is 0 Å². The smallest absolute Gasteiger partial charge is 0.262 e. The summed E-state index contributed by atoms with van der Waals surface area (Å²) in [7, 11) is 1.51. The van der Waals surface area contributed by atoms with Crippen LogP contribution in [0.4, 0.5) is 11.4 Å². The van der Waals surface area contributed by atoms with Gasteiger partial charge in [-0.3, -0.25) is 19.0 Å². The number of carbonyl (C=O) groups excluding carboxylic acids is 2. The molecule has 162 valence electrons. The van der Waals surface area contributed by atoms with E-state index in [1.54, 1.807) is 29.5 Å². The standard InChI is InChI=1S/C22H24N4O4S/c1-13(27)24-16-11-14(7-8-17(16)30-2)25-19(28)9-10-26-12-23-21-20(22(26)29)15-5-3-4-6-18(15)31-21/h7-8,11-12H,3-6,9-10H2,1-2H3,(H,24,27)(H,25,28). The molecule has 0 unspecified atom stereocenters. The van der Waals surface area contributed by atoms with Gasteiger partial charge in [-0.05, 0) is 49.4 Å².